The number of para-hydroxylation sites is 3. The second kappa shape index (κ2) is 12.5. The third-order valence-electron chi connectivity index (χ3n) is 12.6. The number of anilines is 5. The van der Waals surface area contributed by atoms with Crippen molar-refractivity contribution in [3.8, 4) is 33.8 Å². The Morgan fingerprint density at radius 3 is 1.89 bits per heavy atom. The summed E-state index contributed by atoms with van der Waals surface area (Å²) in [5.41, 5.74) is 18.5. The summed E-state index contributed by atoms with van der Waals surface area (Å²) in [5, 5.41) is 0. The molecular formula is C53H49BN2O. The van der Waals surface area contributed by atoms with Crippen LogP contribution in [0.1, 0.15) is 77.6 Å². The summed E-state index contributed by atoms with van der Waals surface area (Å²) in [6.07, 6.45) is 0. The molecule has 7 aromatic carbocycles. The molecule has 0 fully saturated rings. The van der Waals surface area contributed by atoms with Gasteiger partial charge in [-0.2, -0.15) is 0 Å². The van der Waals surface area contributed by atoms with Crippen LogP contribution in [0, 0.1) is 0 Å². The van der Waals surface area contributed by atoms with E-state index >= 15 is 0 Å². The van der Waals surface area contributed by atoms with Crippen molar-refractivity contribution in [2.24, 2.45) is 0 Å². The fourth-order valence-corrected chi connectivity index (χ4v) is 9.36. The van der Waals surface area contributed by atoms with Crippen LogP contribution in [0.5, 0.6) is 11.5 Å². The van der Waals surface area contributed by atoms with E-state index < -0.39 is 0 Å². The Balaban J connectivity index is 1.26. The van der Waals surface area contributed by atoms with E-state index in [4.69, 9.17) is 4.74 Å². The number of fused-ring (bicyclic) bond motifs is 6. The average molecular weight is 741 g/mol. The minimum atomic E-state index is -0.240. The summed E-state index contributed by atoms with van der Waals surface area (Å²) in [7, 11) is 0. The number of rotatable bonds is 3. The van der Waals surface area contributed by atoms with Gasteiger partial charge in [-0.25, -0.2) is 0 Å². The molecule has 0 aromatic heterocycles. The van der Waals surface area contributed by atoms with E-state index in [1.165, 1.54) is 66.8 Å². The maximum absolute atomic E-state index is 6.85. The Kier molecular flexibility index (Phi) is 7.77. The molecular weight excluding hydrogens is 691 g/mol. The summed E-state index contributed by atoms with van der Waals surface area (Å²) in [5.74, 6) is 1.71. The largest absolute Gasteiger partial charge is 0.453 e. The van der Waals surface area contributed by atoms with Crippen LogP contribution in [0.3, 0.4) is 0 Å². The maximum atomic E-state index is 6.85. The molecule has 0 unspecified atom stereocenters. The molecule has 3 aliphatic heterocycles. The van der Waals surface area contributed by atoms with E-state index in [0.29, 0.717) is 0 Å². The predicted octanol–water partition coefficient (Wildman–Crippen LogP) is 13.1. The monoisotopic (exact) mass is 740 g/mol. The standard InChI is InChI=1S/C53H49BN2O/c1-51(2,3)36-24-27-45-42(31-36)53(7,8)43-32-37(52(4,5)6)30-41-40-29-35(34-17-11-9-12-18-34)23-26-44(40)54(56(45)50(41)43)38-25-28-47-49(33-38)57-48-22-16-15-21-46(48)55(47)39-19-13-10-14-20-39/h9-33H,1-8H3. The van der Waals surface area contributed by atoms with Crippen molar-refractivity contribution in [1.82, 2.24) is 0 Å². The van der Waals surface area contributed by atoms with Gasteiger partial charge in [0.05, 0.1) is 11.4 Å². The minimum absolute atomic E-state index is 0.0162. The molecule has 0 N–H and O–H groups in total. The SMILES string of the molecule is CC(C)(C)c1ccc2c(c1)C(C)(C)c1cc(C(C)(C)C)cc3c1N2B(c1ccc2c(c1)Oc1ccccc1N2c1ccccc1)c1ccc(-c2ccccc2)cc1-3. The first-order valence-electron chi connectivity index (χ1n) is 20.4. The Morgan fingerprint density at radius 1 is 0.509 bits per heavy atom. The molecule has 0 saturated heterocycles. The van der Waals surface area contributed by atoms with Crippen molar-refractivity contribution in [1.29, 1.82) is 0 Å². The van der Waals surface area contributed by atoms with Crippen molar-refractivity contribution < 1.29 is 4.74 Å². The van der Waals surface area contributed by atoms with Gasteiger partial charge in [0.25, 0.3) is 0 Å². The number of hydrogen-bond donors (Lipinski definition) is 0. The third-order valence-corrected chi connectivity index (χ3v) is 12.6. The van der Waals surface area contributed by atoms with Crippen LogP contribution in [0.4, 0.5) is 28.4 Å². The van der Waals surface area contributed by atoms with Gasteiger partial charge in [-0.15, -0.1) is 0 Å². The van der Waals surface area contributed by atoms with Gasteiger partial charge in [0.15, 0.2) is 11.5 Å². The maximum Gasteiger partial charge on any atom is 0.328 e. The summed E-state index contributed by atoms with van der Waals surface area (Å²) in [6.45, 7) is 18.8. The number of benzene rings is 7. The lowest BCUT2D eigenvalue weighted by atomic mass is 9.44. The molecule has 3 nitrogen and oxygen atoms in total. The molecule has 7 aromatic rings. The van der Waals surface area contributed by atoms with Crippen LogP contribution in [0.15, 0.2) is 152 Å². The molecule has 3 aliphatic rings. The first-order chi connectivity index (χ1) is 27.3. The molecule has 0 spiro atoms. The smallest absolute Gasteiger partial charge is 0.328 e. The van der Waals surface area contributed by atoms with Crippen LogP contribution in [0.2, 0.25) is 0 Å². The van der Waals surface area contributed by atoms with Crippen LogP contribution in [0.25, 0.3) is 22.3 Å². The predicted molar refractivity (Wildman–Crippen MR) is 242 cm³/mol. The lowest BCUT2D eigenvalue weighted by Crippen LogP contribution is -2.59. The first-order valence-corrected chi connectivity index (χ1v) is 20.4. The molecule has 10 rings (SSSR count). The Bertz CT molecular complexity index is 2720. The molecule has 0 saturated carbocycles. The number of ether oxygens (including phenoxy) is 1. The van der Waals surface area contributed by atoms with E-state index in [0.717, 1.165) is 28.6 Å². The highest BCUT2D eigenvalue weighted by Gasteiger charge is 2.47. The van der Waals surface area contributed by atoms with Gasteiger partial charge in [-0.05, 0) is 115 Å². The van der Waals surface area contributed by atoms with Gasteiger partial charge in [-0.1, -0.05) is 152 Å². The zero-order valence-corrected chi connectivity index (χ0v) is 34.3. The highest BCUT2D eigenvalue weighted by molar-refractivity contribution is 6.91. The molecule has 0 amide bonds. The lowest BCUT2D eigenvalue weighted by molar-refractivity contribution is 0.477. The second-order valence-corrected chi connectivity index (χ2v) is 18.7. The second-order valence-electron chi connectivity index (χ2n) is 18.7. The zero-order chi connectivity index (χ0) is 39.4. The summed E-state index contributed by atoms with van der Waals surface area (Å²) >= 11 is 0. The van der Waals surface area contributed by atoms with Gasteiger partial charge < -0.3 is 14.4 Å². The molecule has 280 valence electrons. The molecule has 4 heteroatoms. The van der Waals surface area contributed by atoms with Crippen molar-refractivity contribution in [3.63, 3.8) is 0 Å². The summed E-state index contributed by atoms with van der Waals surface area (Å²) in [6, 6.07) is 56.1. The molecule has 3 heterocycles. The van der Waals surface area contributed by atoms with Crippen molar-refractivity contribution >= 4 is 46.2 Å². The molecule has 0 radical (unpaired) electrons. The van der Waals surface area contributed by atoms with Gasteiger partial charge in [0.2, 0.25) is 0 Å². The quantitative estimate of drug-likeness (QED) is 0.168. The Morgan fingerprint density at radius 2 is 1.16 bits per heavy atom. The van der Waals surface area contributed by atoms with Crippen molar-refractivity contribution in [2.45, 2.75) is 71.6 Å². The van der Waals surface area contributed by atoms with Gasteiger partial charge in [-0.3, -0.25) is 0 Å². The first kappa shape index (κ1) is 35.4. The highest BCUT2D eigenvalue weighted by atomic mass is 16.5. The minimum Gasteiger partial charge on any atom is -0.453 e. The van der Waals surface area contributed by atoms with E-state index in [1.54, 1.807) is 0 Å². The molecule has 0 atom stereocenters. The Labute approximate surface area is 338 Å². The number of nitrogens with zero attached hydrogens (tertiary/aromatic N) is 2. The molecule has 0 bridgehead atoms. The Hall–Kier alpha value is -6.00. The fraction of sp³-hybridized carbons (Fsp3) is 0.208. The van der Waals surface area contributed by atoms with Crippen molar-refractivity contribution in [3.05, 3.63) is 174 Å². The molecule has 0 aliphatic carbocycles. The fourth-order valence-electron chi connectivity index (χ4n) is 9.36. The van der Waals surface area contributed by atoms with E-state index in [1.807, 2.05) is 0 Å². The average Bonchev–Trinajstić information content (AvgIpc) is 3.21. The van der Waals surface area contributed by atoms with Crippen molar-refractivity contribution in [2.75, 3.05) is 9.71 Å². The van der Waals surface area contributed by atoms with Crippen LogP contribution in [-0.2, 0) is 16.2 Å². The zero-order valence-electron chi connectivity index (χ0n) is 34.3. The third kappa shape index (κ3) is 5.56. The van der Waals surface area contributed by atoms with Gasteiger partial charge in [0, 0.05) is 28.0 Å². The van der Waals surface area contributed by atoms with Crippen LogP contribution in [-0.4, -0.2) is 6.85 Å². The number of hydrogen-bond acceptors (Lipinski definition) is 3. The van der Waals surface area contributed by atoms with Crippen LogP contribution >= 0.6 is 0 Å². The normalized spacial score (nSPS) is 14.8. The highest BCUT2D eigenvalue weighted by Crippen LogP contribution is 2.56. The lowest BCUT2D eigenvalue weighted by Gasteiger charge is -2.49. The van der Waals surface area contributed by atoms with Gasteiger partial charge >= 0.3 is 6.85 Å². The van der Waals surface area contributed by atoms with Gasteiger partial charge in [0.1, 0.15) is 0 Å². The van der Waals surface area contributed by atoms with E-state index in [-0.39, 0.29) is 23.1 Å². The molecule has 57 heavy (non-hydrogen) atoms. The summed E-state index contributed by atoms with van der Waals surface area (Å²) < 4.78 is 6.85. The summed E-state index contributed by atoms with van der Waals surface area (Å²) in [4.78, 5) is 5.00. The van der Waals surface area contributed by atoms with E-state index in [9.17, 15) is 0 Å². The topological polar surface area (TPSA) is 15.7 Å². The van der Waals surface area contributed by atoms with Crippen LogP contribution < -0.4 is 25.4 Å². The van der Waals surface area contributed by atoms with E-state index in [2.05, 4.69) is 217 Å².